The minimum atomic E-state index is -0.388. The number of aliphatic hydroxyl groups is 1. The quantitative estimate of drug-likeness (QED) is 0.625. The van der Waals surface area contributed by atoms with Crippen molar-refractivity contribution >= 4 is 11.5 Å². The fraction of sp³-hybridized carbons (Fsp3) is 0.750. The average molecular weight is 268 g/mol. The predicted molar refractivity (Wildman–Crippen MR) is 71.1 cm³/mol. The summed E-state index contributed by atoms with van der Waals surface area (Å²) in [5, 5.41) is 27.5. The number of aliphatic hydroxyl groups excluding tert-OH is 1. The van der Waals surface area contributed by atoms with Crippen LogP contribution >= 0.6 is 0 Å². The van der Waals surface area contributed by atoms with Crippen molar-refractivity contribution in [3.05, 3.63) is 15.8 Å². The van der Waals surface area contributed by atoms with E-state index < -0.39 is 0 Å². The molecule has 0 saturated heterocycles. The van der Waals surface area contributed by atoms with Gasteiger partial charge in [0.25, 0.3) is 0 Å². The molecule has 19 heavy (non-hydrogen) atoms. The van der Waals surface area contributed by atoms with Gasteiger partial charge in [-0.3, -0.25) is 10.1 Å². The lowest BCUT2D eigenvalue weighted by Gasteiger charge is -2.20. The van der Waals surface area contributed by atoms with Crippen molar-refractivity contribution in [2.24, 2.45) is 13.0 Å². The summed E-state index contributed by atoms with van der Waals surface area (Å²) in [4.78, 5) is 10.7. The number of aromatic nitrogens is 2. The minimum absolute atomic E-state index is 0.0529. The van der Waals surface area contributed by atoms with Gasteiger partial charge in [0, 0.05) is 19.7 Å². The monoisotopic (exact) mass is 268 g/mol. The summed E-state index contributed by atoms with van der Waals surface area (Å²) >= 11 is 0. The zero-order chi connectivity index (χ0) is 14.0. The smallest absolute Gasteiger partial charge is 0.333 e. The molecule has 1 aromatic rings. The first-order chi connectivity index (χ1) is 9.04. The van der Waals surface area contributed by atoms with E-state index in [-0.39, 0.29) is 23.3 Å². The highest BCUT2D eigenvalue weighted by Crippen LogP contribution is 2.34. The van der Waals surface area contributed by atoms with Crippen LogP contribution in [0.25, 0.3) is 0 Å². The molecule has 1 aromatic heterocycles. The molecule has 7 heteroatoms. The maximum Gasteiger partial charge on any atom is 0.333 e. The third kappa shape index (κ3) is 2.70. The maximum atomic E-state index is 11.1. The van der Waals surface area contributed by atoms with Crippen molar-refractivity contribution in [3.8, 4) is 0 Å². The summed E-state index contributed by atoms with van der Waals surface area (Å²) in [6.07, 6.45) is 3.87. The van der Waals surface area contributed by atoms with Crippen LogP contribution in [0, 0.1) is 23.0 Å². The van der Waals surface area contributed by atoms with E-state index in [0.29, 0.717) is 17.4 Å². The summed E-state index contributed by atoms with van der Waals surface area (Å²) in [5.41, 5.74) is 0.476. The van der Waals surface area contributed by atoms with Crippen molar-refractivity contribution in [2.45, 2.75) is 38.6 Å². The Morgan fingerprint density at radius 2 is 2.32 bits per heavy atom. The molecule has 0 spiro atoms. The number of nitrogens with one attached hydrogen (secondary N) is 1. The summed E-state index contributed by atoms with van der Waals surface area (Å²) in [6.45, 7) is 1.80. The van der Waals surface area contributed by atoms with E-state index in [4.69, 9.17) is 5.11 Å². The Kier molecular flexibility index (Phi) is 4.04. The number of hydrogen-bond acceptors (Lipinski definition) is 5. The van der Waals surface area contributed by atoms with Crippen LogP contribution in [0.15, 0.2) is 0 Å². The number of aryl methyl sites for hydroxylation is 2. The average Bonchev–Trinajstić information content (AvgIpc) is 2.86. The van der Waals surface area contributed by atoms with Crippen LogP contribution in [-0.2, 0) is 7.05 Å². The largest absolute Gasteiger partial charge is 0.396 e. The maximum absolute atomic E-state index is 11.1. The van der Waals surface area contributed by atoms with Crippen molar-refractivity contribution in [1.29, 1.82) is 0 Å². The van der Waals surface area contributed by atoms with Gasteiger partial charge in [-0.2, -0.15) is 5.10 Å². The van der Waals surface area contributed by atoms with Crippen LogP contribution in [0.2, 0.25) is 0 Å². The van der Waals surface area contributed by atoms with Gasteiger partial charge in [0.2, 0.25) is 5.82 Å². The molecule has 2 rings (SSSR count). The van der Waals surface area contributed by atoms with Gasteiger partial charge in [-0.05, 0) is 32.1 Å². The molecule has 0 amide bonds. The number of nitro groups is 1. The number of nitrogens with zero attached hydrogens (tertiary/aromatic N) is 3. The Labute approximate surface area is 111 Å². The van der Waals surface area contributed by atoms with Gasteiger partial charge in [-0.15, -0.1) is 0 Å². The molecule has 0 aromatic carbocycles. The second-order valence-electron chi connectivity index (χ2n) is 5.12. The SMILES string of the molecule is Cc1nn(C)c(NC2CCCC2CCO)c1[N+](=O)[O-]. The van der Waals surface area contributed by atoms with Gasteiger partial charge in [0.15, 0.2) is 0 Å². The van der Waals surface area contributed by atoms with Crippen LogP contribution in [0.3, 0.4) is 0 Å². The van der Waals surface area contributed by atoms with Gasteiger partial charge in [0.1, 0.15) is 5.69 Å². The molecule has 2 N–H and O–H groups in total. The van der Waals surface area contributed by atoms with Gasteiger partial charge in [-0.25, -0.2) is 4.68 Å². The van der Waals surface area contributed by atoms with Crippen LogP contribution in [0.1, 0.15) is 31.4 Å². The highest BCUT2D eigenvalue weighted by molar-refractivity contribution is 5.60. The molecule has 7 nitrogen and oxygen atoms in total. The molecule has 1 aliphatic rings. The van der Waals surface area contributed by atoms with Gasteiger partial charge < -0.3 is 10.4 Å². The molecule has 1 heterocycles. The molecule has 106 valence electrons. The fourth-order valence-corrected chi connectivity index (χ4v) is 2.94. The van der Waals surface area contributed by atoms with Crippen molar-refractivity contribution in [3.63, 3.8) is 0 Å². The zero-order valence-corrected chi connectivity index (χ0v) is 11.3. The molecule has 2 atom stereocenters. The Bertz CT molecular complexity index is 472. The molecule has 1 saturated carbocycles. The van der Waals surface area contributed by atoms with E-state index in [9.17, 15) is 10.1 Å². The highest BCUT2D eigenvalue weighted by atomic mass is 16.6. The van der Waals surface area contributed by atoms with E-state index in [1.165, 1.54) is 4.68 Å². The molecule has 0 aliphatic heterocycles. The Hall–Kier alpha value is -1.63. The third-order valence-corrected chi connectivity index (χ3v) is 3.85. The predicted octanol–water partition coefficient (Wildman–Crippen LogP) is 1.60. The van der Waals surface area contributed by atoms with E-state index in [1.54, 1.807) is 14.0 Å². The van der Waals surface area contributed by atoms with Gasteiger partial charge in [0.05, 0.1) is 4.92 Å². The van der Waals surface area contributed by atoms with Crippen LogP contribution in [0.4, 0.5) is 11.5 Å². The van der Waals surface area contributed by atoms with E-state index in [1.807, 2.05) is 0 Å². The van der Waals surface area contributed by atoms with E-state index in [2.05, 4.69) is 10.4 Å². The Morgan fingerprint density at radius 3 is 2.95 bits per heavy atom. The highest BCUT2D eigenvalue weighted by Gasteiger charge is 2.31. The van der Waals surface area contributed by atoms with E-state index >= 15 is 0 Å². The summed E-state index contributed by atoms with van der Waals surface area (Å²) in [6, 6.07) is 0.181. The molecule has 0 bridgehead atoms. The number of hydrogen-bond donors (Lipinski definition) is 2. The first-order valence-electron chi connectivity index (χ1n) is 6.60. The third-order valence-electron chi connectivity index (χ3n) is 3.85. The summed E-state index contributed by atoms with van der Waals surface area (Å²) < 4.78 is 1.53. The Morgan fingerprint density at radius 1 is 1.58 bits per heavy atom. The zero-order valence-electron chi connectivity index (χ0n) is 11.3. The first kappa shape index (κ1) is 13.8. The molecule has 1 aliphatic carbocycles. The lowest BCUT2D eigenvalue weighted by Crippen LogP contribution is -2.26. The van der Waals surface area contributed by atoms with Crippen LogP contribution in [0.5, 0.6) is 0 Å². The second-order valence-corrected chi connectivity index (χ2v) is 5.12. The van der Waals surface area contributed by atoms with Gasteiger partial charge in [-0.1, -0.05) is 6.42 Å². The molecule has 2 unspecified atom stereocenters. The molecule has 0 radical (unpaired) electrons. The first-order valence-corrected chi connectivity index (χ1v) is 6.60. The summed E-state index contributed by atoms with van der Waals surface area (Å²) in [7, 11) is 1.71. The normalized spacial score (nSPS) is 22.7. The van der Waals surface area contributed by atoms with Crippen molar-refractivity contribution in [2.75, 3.05) is 11.9 Å². The minimum Gasteiger partial charge on any atom is -0.396 e. The van der Waals surface area contributed by atoms with Gasteiger partial charge >= 0.3 is 5.69 Å². The lowest BCUT2D eigenvalue weighted by atomic mass is 10.00. The number of rotatable bonds is 5. The van der Waals surface area contributed by atoms with Crippen LogP contribution in [-0.4, -0.2) is 32.5 Å². The molecule has 1 fully saturated rings. The number of anilines is 1. The van der Waals surface area contributed by atoms with Crippen molar-refractivity contribution < 1.29 is 10.0 Å². The molecular formula is C12H20N4O3. The fourth-order valence-electron chi connectivity index (χ4n) is 2.94. The topological polar surface area (TPSA) is 93.2 Å². The standard InChI is InChI=1S/C12H20N4O3/c1-8-11(16(18)19)12(15(2)14-8)13-10-5-3-4-9(10)6-7-17/h9-10,13,17H,3-7H2,1-2H3. The van der Waals surface area contributed by atoms with E-state index in [0.717, 1.165) is 25.7 Å². The lowest BCUT2D eigenvalue weighted by molar-refractivity contribution is -0.384. The molecular weight excluding hydrogens is 248 g/mol. The summed E-state index contributed by atoms with van der Waals surface area (Å²) in [5.74, 6) is 0.845. The Balaban J connectivity index is 2.21. The van der Waals surface area contributed by atoms with Crippen molar-refractivity contribution in [1.82, 2.24) is 9.78 Å². The van der Waals surface area contributed by atoms with Crippen LogP contribution < -0.4 is 5.32 Å². The second kappa shape index (κ2) is 5.56.